The smallest absolute Gasteiger partial charge is 0.0247 e. The lowest BCUT2D eigenvalue weighted by Crippen LogP contribution is -2.21. The number of benzene rings is 2. The van der Waals surface area contributed by atoms with E-state index in [-0.39, 0.29) is 5.41 Å². The highest BCUT2D eigenvalue weighted by Gasteiger charge is 2.55. The molecule has 0 aromatic heterocycles. The van der Waals surface area contributed by atoms with Gasteiger partial charge in [-0.05, 0) is 37.6 Å². The van der Waals surface area contributed by atoms with Gasteiger partial charge in [0.1, 0.15) is 0 Å². The van der Waals surface area contributed by atoms with Crippen LogP contribution in [0.4, 0.5) is 0 Å². The summed E-state index contributed by atoms with van der Waals surface area (Å²) in [7, 11) is 4.33. The molecule has 0 bridgehead atoms. The summed E-state index contributed by atoms with van der Waals surface area (Å²) in [6.07, 6.45) is 1.26. The lowest BCUT2D eigenvalue weighted by atomic mass is 9.85. The third-order valence-corrected chi connectivity index (χ3v) is 4.27. The molecule has 1 unspecified atom stereocenters. The van der Waals surface area contributed by atoms with Crippen LogP contribution in [0.2, 0.25) is 0 Å². The zero-order valence-electron chi connectivity index (χ0n) is 11.7. The average molecular weight is 251 g/mol. The number of nitrogens with zero attached hydrogens (tertiary/aromatic N) is 1. The number of hydrogen-bond donors (Lipinski definition) is 0. The van der Waals surface area contributed by atoms with Crippen molar-refractivity contribution in [3.05, 3.63) is 71.8 Å². The molecule has 0 saturated heterocycles. The molecule has 19 heavy (non-hydrogen) atoms. The molecule has 1 atom stereocenters. The minimum absolute atomic E-state index is 0.243. The quantitative estimate of drug-likeness (QED) is 0.803. The van der Waals surface area contributed by atoms with Crippen molar-refractivity contribution in [3.8, 4) is 0 Å². The third-order valence-electron chi connectivity index (χ3n) is 4.27. The van der Waals surface area contributed by atoms with Crippen molar-refractivity contribution in [1.82, 2.24) is 4.90 Å². The second kappa shape index (κ2) is 4.82. The number of rotatable bonds is 4. The lowest BCUT2D eigenvalue weighted by molar-refractivity contribution is 0.377. The highest BCUT2D eigenvalue weighted by atomic mass is 15.1. The third kappa shape index (κ3) is 2.19. The fourth-order valence-corrected chi connectivity index (χ4v) is 3.34. The zero-order valence-corrected chi connectivity index (χ0v) is 11.7. The van der Waals surface area contributed by atoms with Gasteiger partial charge in [-0.15, -0.1) is 0 Å². The minimum Gasteiger partial charge on any atom is -0.309 e. The van der Waals surface area contributed by atoms with Crippen molar-refractivity contribution < 1.29 is 0 Å². The average Bonchev–Trinajstić information content (AvgIpc) is 3.15. The Bertz CT molecular complexity index is 491. The molecule has 1 aliphatic rings. The van der Waals surface area contributed by atoms with Gasteiger partial charge < -0.3 is 4.90 Å². The Hall–Kier alpha value is -1.60. The van der Waals surface area contributed by atoms with Gasteiger partial charge in [0.15, 0.2) is 0 Å². The summed E-state index contributed by atoms with van der Waals surface area (Å²) in [5.74, 6) is 0.729. The van der Waals surface area contributed by atoms with Crippen molar-refractivity contribution >= 4 is 0 Å². The van der Waals surface area contributed by atoms with Crippen LogP contribution in [0.1, 0.15) is 17.5 Å². The standard InChI is InChI=1S/C18H21N/c1-19(2)14-17-13-18(17,15-9-5-3-6-10-15)16-11-7-4-8-12-16/h3-12,17H,13-14H2,1-2H3. The predicted octanol–water partition coefficient (Wildman–Crippen LogP) is 3.55. The second-order valence-corrected chi connectivity index (χ2v) is 5.87. The highest BCUT2D eigenvalue weighted by Crippen LogP contribution is 2.58. The Morgan fingerprint density at radius 1 is 0.895 bits per heavy atom. The van der Waals surface area contributed by atoms with Gasteiger partial charge in [-0.2, -0.15) is 0 Å². The van der Waals surface area contributed by atoms with Gasteiger partial charge in [0.25, 0.3) is 0 Å². The molecule has 1 aliphatic carbocycles. The molecule has 1 heteroatoms. The first-order valence-electron chi connectivity index (χ1n) is 6.99. The predicted molar refractivity (Wildman–Crippen MR) is 80.3 cm³/mol. The van der Waals surface area contributed by atoms with Gasteiger partial charge in [-0.25, -0.2) is 0 Å². The van der Waals surface area contributed by atoms with Crippen molar-refractivity contribution in [2.45, 2.75) is 11.8 Å². The monoisotopic (exact) mass is 251 g/mol. The summed E-state index contributed by atoms with van der Waals surface area (Å²) >= 11 is 0. The Balaban J connectivity index is 2.00. The van der Waals surface area contributed by atoms with Crippen LogP contribution in [0, 0.1) is 5.92 Å². The molecule has 1 saturated carbocycles. The molecule has 1 nitrogen and oxygen atoms in total. The maximum absolute atomic E-state index is 2.30. The van der Waals surface area contributed by atoms with E-state index >= 15 is 0 Å². The molecule has 3 rings (SSSR count). The van der Waals surface area contributed by atoms with Crippen molar-refractivity contribution in [1.29, 1.82) is 0 Å². The first-order chi connectivity index (χ1) is 9.23. The van der Waals surface area contributed by atoms with Crippen LogP contribution in [-0.2, 0) is 5.41 Å². The molecule has 0 N–H and O–H groups in total. The van der Waals surface area contributed by atoms with Crippen LogP contribution in [0.25, 0.3) is 0 Å². The minimum atomic E-state index is 0.243. The van der Waals surface area contributed by atoms with E-state index < -0.39 is 0 Å². The SMILES string of the molecule is CN(C)CC1CC1(c1ccccc1)c1ccccc1. The van der Waals surface area contributed by atoms with Crippen LogP contribution in [0.3, 0.4) is 0 Å². The molecular weight excluding hydrogens is 230 g/mol. The summed E-state index contributed by atoms with van der Waals surface area (Å²) < 4.78 is 0. The van der Waals surface area contributed by atoms with Gasteiger partial charge in [-0.1, -0.05) is 60.7 Å². The van der Waals surface area contributed by atoms with Gasteiger partial charge in [-0.3, -0.25) is 0 Å². The van der Waals surface area contributed by atoms with E-state index in [4.69, 9.17) is 0 Å². The highest BCUT2D eigenvalue weighted by molar-refractivity contribution is 5.47. The van der Waals surface area contributed by atoms with Gasteiger partial charge in [0, 0.05) is 12.0 Å². The topological polar surface area (TPSA) is 3.24 Å². The summed E-state index contributed by atoms with van der Waals surface area (Å²) in [6.45, 7) is 1.16. The summed E-state index contributed by atoms with van der Waals surface area (Å²) in [4.78, 5) is 2.30. The largest absolute Gasteiger partial charge is 0.309 e. The Morgan fingerprint density at radius 3 is 1.79 bits per heavy atom. The number of hydrogen-bond acceptors (Lipinski definition) is 1. The fourth-order valence-electron chi connectivity index (χ4n) is 3.34. The zero-order chi connectivity index (χ0) is 13.3. The van der Waals surface area contributed by atoms with E-state index in [2.05, 4.69) is 79.7 Å². The van der Waals surface area contributed by atoms with Gasteiger partial charge in [0.05, 0.1) is 0 Å². The molecule has 98 valence electrons. The summed E-state index contributed by atoms with van der Waals surface area (Å²) in [5, 5.41) is 0. The van der Waals surface area contributed by atoms with E-state index in [1.165, 1.54) is 17.5 Å². The maximum atomic E-state index is 2.30. The molecule has 0 aliphatic heterocycles. The van der Waals surface area contributed by atoms with Gasteiger partial charge in [0.2, 0.25) is 0 Å². The first kappa shape index (κ1) is 12.4. The van der Waals surface area contributed by atoms with Crippen LogP contribution in [0.15, 0.2) is 60.7 Å². The van der Waals surface area contributed by atoms with Crippen LogP contribution in [-0.4, -0.2) is 25.5 Å². The van der Waals surface area contributed by atoms with E-state index in [0.29, 0.717) is 0 Å². The van der Waals surface area contributed by atoms with Crippen molar-refractivity contribution in [2.24, 2.45) is 5.92 Å². The van der Waals surface area contributed by atoms with Crippen molar-refractivity contribution in [3.63, 3.8) is 0 Å². The molecule has 2 aromatic carbocycles. The fraction of sp³-hybridized carbons (Fsp3) is 0.333. The van der Waals surface area contributed by atoms with Crippen LogP contribution in [0.5, 0.6) is 0 Å². The van der Waals surface area contributed by atoms with E-state index in [1.54, 1.807) is 0 Å². The normalized spacial score (nSPS) is 20.5. The van der Waals surface area contributed by atoms with E-state index in [9.17, 15) is 0 Å². The first-order valence-corrected chi connectivity index (χ1v) is 6.99. The molecule has 1 fully saturated rings. The van der Waals surface area contributed by atoms with E-state index in [1.807, 2.05) is 0 Å². The summed E-state index contributed by atoms with van der Waals surface area (Å²) in [5.41, 5.74) is 3.17. The summed E-state index contributed by atoms with van der Waals surface area (Å²) in [6, 6.07) is 22.0. The Morgan fingerprint density at radius 2 is 1.37 bits per heavy atom. The molecule has 0 radical (unpaired) electrons. The maximum Gasteiger partial charge on any atom is 0.0247 e. The Labute approximate surface area is 115 Å². The molecule has 0 spiro atoms. The van der Waals surface area contributed by atoms with Crippen molar-refractivity contribution in [2.75, 3.05) is 20.6 Å². The van der Waals surface area contributed by atoms with Crippen LogP contribution >= 0.6 is 0 Å². The van der Waals surface area contributed by atoms with E-state index in [0.717, 1.165) is 12.5 Å². The molecule has 0 heterocycles. The molecule has 2 aromatic rings. The Kier molecular flexibility index (Phi) is 3.16. The van der Waals surface area contributed by atoms with Crippen LogP contribution < -0.4 is 0 Å². The molecular formula is C18H21N. The molecule has 0 amide bonds. The lowest BCUT2D eigenvalue weighted by Gasteiger charge is -2.20. The van der Waals surface area contributed by atoms with Gasteiger partial charge >= 0.3 is 0 Å². The second-order valence-electron chi connectivity index (χ2n) is 5.87.